The zero-order valence-corrected chi connectivity index (χ0v) is 14.9. The van der Waals surface area contributed by atoms with Gasteiger partial charge in [0.2, 0.25) is 5.91 Å². The molecule has 5 heteroatoms. The Morgan fingerprint density at radius 3 is 2.60 bits per heavy atom. The fourth-order valence-corrected chi connectivity index (χ4v) is 3.14. The smallest absolute Gasteiger partial charge is 0.240 e. The number of amides is 1. The van der Waals surface area contributed by atoms with Crippen molar-refractivity contribution in [1.29, 1.82) is 0 Å². The fourth-order valence-electron chi connectivity index (χ4n) is 3.14. The molecule has 1 heterocycles. The van der Waals surface area contributed by atoms with E-state index in [-0.39, 0.29) is 11.9 Å². The number of nitrogens with zero attached hydrogens (tertiary/aromatic N) is 2. The van der Waals surface area contributed by atoms with Crippen LogP contribution in [-0.4, -0.2) is 30.8 Å². The van der Waals surface area contributed by atoms with Crippen LogP contribution in [0.25, 0.3) is 0 Å². The van der Waals surface area contributed by atoms with Crippen LogP contribution < -0.4 is 9.47 Å². The molecule has 0 saturated carbocycles. The van der Waals surface area contributed by atoms with E-state index in [2.05, 4.69) is 11.2 Å². The highest BCUT2D eigenvalue weighted by Gasteiger charge is 2.33. The van der Waals surface area contributed by atoms with Crippen molar-refractivity contribution in [3.8, 4) is 11.5 Å². The maximum absolute atomic E-state index is 12.1. The van der Waals surface area contributed by atoms with E-state index in [4.69, 9.17) is 9.47 Å². The quantitative estimate of drug-likeness (QED) is 0.854. The lowest BCUT2D eigenvalue weighted by Gasteiger charge is -2.22. The summed E-state index contributed by atoms with van der Waals surface area (Å²) in [5, 5.41) is 6.13. The van der Waals surface area contributed by atoms with Crippen molar-refractivity contribution >= 4 is 11.6 Å². The monoisotopic (exact) mass is 338 g/mol. The Balaban J connectivity index is 1.99. The Labute approximate surface area is 147 Å². The number of methoxy groups -OCH3 is 2. The number of hydrogen-bond donors (Lipinski definition) is 0. The van der Waals surface area contributed by atoms with Crippen molar-refractivity contribution < 1.29 is 14.3 Å². The average Bonchev–Trinajstić information content (AvgIpc) is 3.06. The summed E-state index contributed by atoms with van der Waals surface area (Å²) in [4.78, 5) is 12.1. The molecule has 0 bridgehead atoms. The number of hydrazone groups is 1. The van der Waals surface area contributed by atoms with Crippen LogP contribution in [0.5, 0.6) is 11.5 Å². The van der Waals surface area contributed by atoms with Crippen molar-refractivity contribution in [1.82, 2.24) is 5.01 Å². The zero-order chi connectivity index (χ0) is 18.0. The van der Waals surface area contributed by atoms with Gasteiger partial charge >= 0.3 is 0 Å². The summed E-state index contributed by atoms with van der Waals surface area (Å²) < 4.78 is 10.8. The topological polar surface area (TPSA) is 51.1 Å². The zero-order valence-electron chi connectivity index (χ0n) is 14.9. The van der Waals surface area contributed by atoms with Gasteiger partial charge < -0.3 is 9.47 Å². The summed E-state index contributed by atoms with van der Waals surface area (Å²) in [6, 6.07) is 13.6. The van der Waals surface area contributed by atoms with Crippen LogP contribution in [0.2, 0.25) is 0 Å². The second-order valence-electron chi connectivity index (χ2n) is 6.11. The fraction of sp³-hybridized carbons (Fsp3) is 0.300. The predicted octanol–water partition coefficient (Wildman–Crippen LogP) is 3.71. The third-order valence-corrected chi connectivity index (χ3v) is 4.38. The molecule has 0 unspecified atom stereocenters. The van der Waals surface area contributed by atoms with Crippen LogP contribution in [0.4, 0.5) is 0 Å². The Morgan fingerprint density at radius 1 is 1.16 bits per heavy atom. The highest BCUT2D eigenvalue weighted by atomic mass is 16.5. The molecule has 1 aliphatic heterocycles. The van der Waals surface area contributed by atoms with E-state index in [9.17, 15) is 4.79 Å². The standard InChI is InChI=1S/C20H22N2O3/c1-13-6-5-7-15(10-13)18-12-19(22(21-18)14(2)23)17-9-8-16(24-3)11-20(17)25-4/h5-11,19H,12H2,1-4H3/t19-/m0/s1. The molecule has 0 aromatic heterocycles. The molecule has 0 saturated heterocycles. The molecule has 3 rings (SSSR count). The molecule has 0 aliphatic carbocycles. The summed E-state index contributed by atoms with van der Waals surface area (Å²) in [5.74, 6) is 1.31. The van der Waals surface area contributed by atoms with E-state index in [1.165, 1.54) is 12.5 Å². The summed E-state index contributed by atoms with van der Waals surface area (Å²) in [5.41, 5.74) is 4.04. The number of carbonyl (C=O) groups excluding carboxylic acids is 1. The summed E-state index contributed by atoms with van der Waals surface area (Å²) in [7, 11) is 3.23. The van der Waals surface area contributed by atoms with Crippen molar-refractivity contribution in [2.75, 3.05) is 14.2 Å². The first-order valence-corrected chi connectivity index (χ1v) is 8.19. The van der Waals surface area contributed by atoms with E-state index in [0.717, 1.165) is 16.8 Å². The van der Waals surface area contributed by atoms with Crippen molar-refractivity contribution in [3.63, 3.8) is 0 Å². The van der Waals surface area contributed by atoms with Crippen molar-refractivity contribution in [2.45, 2.75) is 26.3 Å². The largest absolute Gasteiger partial charge is 0.497 e. The number of carbonyl (C=O) groups is 1. The van der Waals surface area contributed by atoms with Gasteiger partial charge in [0.15, 0.2) is 0 Å². The molecule has 5 nitrogen and oxygen atoms in total. The van der Waals surface area contributed by atoms with Crippen molar-refractivity contribution in [2.24, 2.45) is 5.10 Å². The van der Waals surface area contributed by atoms with E-state index >= 15 is 0 Å². The van der Waals surface area contributed by atoms with Crippen LogP contribution >= 0.6 is 0 Å². The maximum Gasteiger partial charge on any atom is 0.240 e. The number of aryl methyl sites for hydroxylation is 1. The normalized spacial score (nSPS) is 16.6. The highest BCUT2D eigenvalue weighted by molar-refractivity contribution is 6.03. The number of benzene rings is 2. The summed E-state index contributed by atoms with van der Waals surface area (Å²) >= 11 is 0. The second-order valence-corrected chi connectivity index (χ2v) is 6.11. The molecule has 1 amide bonds. The van der Waals surface area contributed by atoms with E-state index < -0.39 is 0 Å². The molecule has 1 aliphatic rings. The first kappa shape index (κ1) is 17.0. The second kappa shape index (κ2) is 6.97. The van der Waals surface area contributed by atoms with Gasteiger partial charge in [-0.3, -0.25) is 4.79 Å². The van der Waals surface area contributed by atoms with Gasteiger partial charge in [-0.25, -0.2) is 5.01 Å². The lowest BCUT2D eigenvalue weighted by Crippen LogP contribution is -2.24. The molecular weight excluding hydrogens is 316 g/mol. The molecule has 1 atom stereocenters. The van der Waals surface area contributed by atoms with Gasteiger partial charge in [0.05, 0.1) is 26.0 Å². The van der Waals surface area contributed by atoms with Gasteiger partial charge in [-0.05, 0) is 24.6 Å². The molecule has 0 fully saturated rings. The van der Waals surface area contributed by atoms with Gasteiger partial charge in [0.25, 0.3) is 0 Å². The molecule has 2 aromatic carbocycles. The Kier molecular flexibility index (Phi) is 4.74. The molecule has 130 valence electrons. The maximum atomic E-state index is 12.1. The lowest BCUT2D eigenvalue weighted by atomic mass is 9.97. The first-order chi connectivity index (χ1) is 12.0. The molecule has 0 radical (unpaired) electrons. The first-order valence-electron chi connectivity index (χ1n) is 8.19. The van der Waals surface area contributed by atoms with Gasteiger partial charge in [0.1, 0.15) is 11.5 Å². The van der Waals surface area contributed by atoms with Crippen LogP contribution in [-0.2, 0) is 4.79 Å². The van der Waals surface area contributed by atoms with Crippen molar-refractivity contribution in [3.05, 3.63) is 59.2 Å². The Bertz CT molecular complexity index is 829. The average molecular weight is 338 g/mol. The van der Waals surface area contributed by atoms with E-state index in [0.29, 0.717) is 17.9 Å². The van der Waals surface area contributed by atoms with Gasteiger partial charge in [-0.1, -0.05) is 29.8 Å². The number of ether oxygens (including phenoxy) is 2. The third kappa shape index (κ3) is 3.36. The predicted molar refractivity (Wildman–Crippen MR) is 97.1 cm³/mol. The number of hydrogen-bond acceptors (Lipinski definition) is 4. The summed E-state index contributed by atoms with van der Waals surface area (Å²) in [6.45, 7) is 3.58. The minimum absolute atomic E-state index is 0.0921. The number of rotatable bonds is 4. The Hall–Kier alpha value is -2.82. The molecular formula is C20H22N2O3. The van der Waals surface area contributed by atoms with Crippen LogP contribution in [0.1, 0.15) is 36.1 Å². The minimum atomic E-state index is -0.186. The Morgan fingerprint density at radius 2 is 1.96 bits per heavy atom. The minimum Gasteiger partial charge on any atom is -0.497 e. The third-order valence-electron chi connectivity index (χ3n) is 4.38. The molecule has 0 spiro atoms. The summed E-state index contributed by atoms with van der Waals surface area (Å²) in [6.07, 6.45) is 0.645. The lowest BCUT2D eigenvalue weighted by molar-refractivity contribution is -0.130. The highest BCUT2D eigenvalue weighted by Crippen LogP contribution is 2.39. The van der Waals surface area contributed by atoms with Crippen LogP contribution in [0.15, 0.2) is 47.6 Å². The molecule has 2 aromatic rings. The van der Waals surface area contributed by atoms with Gasteiger partial charge in [-0.15, -0.1) is 0 Å². The molecule has 25 heavy (non-hydrogen) atoms. The van der Waals surface area contributed by atoms with Crippen LogP contribution in [0.3, 0.4) is 0 Å². The SMILES string of the molecule is COc1ccc([C@@H]2CC(c3cccc(C)c3)=NN2C(C)=O)c(OC)c1. The van der Waals surface area contributed by atoms with E-state index in [1.54, 1.807) is 19.2 Å². The molecule has 0 N–H and O–H groups in total. The van der Waals surface area contributed by atoms with Gasteiger partial charge in [0, 0.05) is 25.0 Å². The van der Waals surface area contributed by atoms with Gasteiger partial charge in [-0.2, -0.15) is 5.10 Å². The van der Waals surface area contributed by atoms with Crippen LogP contribution in [0, 0.1) is 6.92 Å². The van der Waals surface area contributed by atoms with E-state index in [1.807, 2.05) is 43.3 Å².